The Hall–Kier alpha value is -1.90. The maximum Gasteiger partial charge on any atom is 0.241 e. The number of hydrogen-bond donors (Lipinski definition) is 0. The zero-order valence-corrected chi connectivity index (χ0v) is 13.1. The van der Waals surface area contributed by atoms with Gasteiger partial charge >= 0.3 is 0 Å². The summed E-state index contributed by atoms with van der Waals surface area (Å²) in [5.74, 6) is 0. The molecule has 0 unspecified atom stereocenters. The second-order valence-corrected chi connectivity index (χ2v) is 4.55. The van der Waals surface area contributed by atoms with Crippen molar-refractivity contribution in [3.63, 3.8) is 0 Å². The van der Waals surface area contributed by atoms with Gasteiger partial charge in [-0.2, -0.15) is 18.2 Å². The van der Waals surface area contributed by atoms with Gasteiger partial charge in [-0.15, -0.1) is 0 Å². The van der Waals surface area contributed by atoms with Gasteiger partial charge in [0.05, 0.1) is 7.05 Å². The number of aryl methyl sites for hydroxylation is 1. The minimum Gasteiger partial charge on any atom is -0.521 e. The molecule has 2 aromatic heterocycles. The largest absolute Gasteiger partial charge is 0.521 e. The van der Waals surface area contributed by atoms with Gasteiger partial charge in [0.2, 0.25) is 6.33 Å². The van der Waals surface area contributed by atoms with Crippen molar-refractivity contribution in [2.45, 2.75) is 0 Å². The fourth-order valence-electron chi connectivity index (χ4n) is 2.38. The molecule has 0 aliphatic rings. The van der Waals surface area contributed by atoms with Crippen LogP contribution in [0.1, 0.15) is 0 Å². The molecule has 2 aromatic carbocycles. The fraction of sp³-hybridized carbons (Fsp3) is 0.0625. The Morgan fingerprint density at radius 1 is 1.15 bits per heavy atom. The summed E-state index contributed by atoms with van der Waals surface area (Å²) in [4.78, 5) is 0. The second kappa shape index (κ2) is 4.89. The van der Waals surface area contributed by atoms with Crippen LogP contribution in [0.25, 0.3) is 27.6 Å². The van der Waals surface area contributed by atoms with Crippen LogP contribution in [-0.4, -0.2) is 4.57 Å². The Kier molecular flexibility index (Phi) is 3.20. The van der Waals surface area contributed by atoms with E-state index in [-0.39, 0.29) is 20.1 Å². The molecule has 3 nitrogen and oxygen atoms in total. The van der Waals surface area contributed by atoms with Crippen molar-refractivity contribution < 1.29 is 29.1 Å². The summed E-state index contributed by atoms with van der Waals surface area (Å²) in [6.07, 6.45) is 7.05. The number of hydrogen-bond acceptors (Lipinski definition) is 1. The topological polar surface area (TPSA) is 21.9 Å². The second-order valence-electron chi connectivity index (χ2n) is 4.55. The van der Waals surface area contributed by atoms with Crippen LogP contribution in [-0.2, 0) is 27.2 Å². The number of nitrogens with zero attached hydrogens (tertiary/aromatic N) is 2. The van der Waals surface area contributed by atoms with Crippen LogP contribution in [0.2, 0.25) is 0 Å². The standard InChI is InChI=1S/C16H11N2O.Ir/c1-17-9-10-18(11-17)14-7-4-6-13-12-5-2-3-8-15(12)19-16(13)14;/h2-6,8-10H,1H3;/q-1;. The van der Waals surface area contributed by atoms with E-state index in [4.69, 9.17) is 4.42 Å². The van der Waals surface area contributed by atoms with Crippen molar-refractivity contribution in [2.24, 2.45) is 7.05 Å². The Balaban J connectivity index is 0.00000121. The van der Waals surface area contributed by atoms with E-state index in [1.54, 1.807) is 0 Å². The fourth-order valence-corrected chi connectivity index (χ4v) is 2.38. The minimum atomic E-state index is 0. The average molecular weight is 439 g/mol. The van der Waals surface area contributed by atoms with Crippen LogP contribution < -0.4 is 4.57 Å². The van der Waals surface area contributed by atoms with Crippen molar-refractivity contribution >= 4 is 21.9 Å². The Labute approximate surface area is 129 Å². The van der Waals surface area contributed by atoms with Crippen molar-refractivity contribution in [3.05, 3.63) is 61.2 Å². The molecule has 0 N–H and O–H groups in total. The van der Waals surface area contributed by atoms with Crippen LogP contribution in [0, 0.1) is 12.4 Å². The first-order valence-corrected chi connectivity index (χ1v) is 6.11. The molecule has 0 atom stereocenters. The van der Waals surface area contributed by atoms with Crippen molar-refractivity contribution in [2.75, 3.05) is 0 Å². The first kappa shape index (κ1) is 13.1. The molecule has 1 radical (unpaired) electrons. The van der Waals surface area contributed by atoms with Gasteiger partial charge in [-0.1, -0.05) is 23.6 Å². The molecule has 4 rings (SSSR count). The third-order valence-corrected chi connectivity index (χ3v) is 3.26. The maximum atomic E-state index is 5.97. The van der Waals surface area contributed by atoms with E-state index >= 15 is 0 Å². The molecule has 0 saturated heterocycles. The van der Waals surface area contributed by atoms with Crippen LogP contribution in [0.3, 0.4) is 0 Å². The zero-order chi connectivity index (χ0) is 12.8. The molecule has 0 fully saturated rings. The molecule has 0 bridgehead atoms. The molecule has 0 saturated carbocycles. The molecular weight excluding hydrogens is 428 g/mol. The predicted octanol–water partition coefficient (Wildman–Crippen LogP) is 2.80. The van der Waals surface area contributed by atoms with Crippen molar-refractivity contribution in [1.29, 1.82) is 0 Å². The van der Waals surface area contributed by atoms with Gasteiger partial charge in [0, 0.05) is 43.5 Å². The van der Waals surface area contributed by atoms with E-state index in [2.05, 4.69) is 18.5 Å². The van der Waals surface area contributed by atoms with E-state index in [9.17, 15) is 0 Å². The van der Waals surface area contributed by atoms with E-state index < -0.39 is 0 Å². The van der Waals surface area contributed by atoms with Gasteiger partial charge < -0.3 is 13.6 Å². The van der Waals surface area contributed by atoms with E-state index in [0.29, 0.717) is 0 Å². The van der Waals surface area contributed by atoms with Gasteiger partial charge in [-0.05, 0) is 11.8 Å². The molecule has 0 aliphatic heterocycles. The first-order valence-electron chi connectivity index (χ1n) is 6.11. The number of para-hydroxylation sites is 1. The van der Waals surface area contributed by atoms with Crippen LogP contribution >= 0.6 is 0 Å². The molecule has 2 heterocycles. The number of imidazole rings is 1. The van der Waals surface area contributed by atoms with Gasteiger partial charge in [0.15, 0.2) is 0 Å². The summed E-state index contributed by atoms with van der Waals surface area (Å²) in [6.45, 7) is 0. The number of fused-ring (bicyclic) bond motifs is 3. The number of furan rings is 1. The van der Waals surface area contributed by atoms with Gasteiger partial charge in [-0.25, -0.2) is 0 Å². The molecule has 4 aromatic rings. The van der Waals surface area contributed by atoms with Crippen molar-refractivity contribution in [1.82, 2.24) is 4.57 Å². The minimum absolute atomic E-state index is 0. The van der Waals surface area contributed by atoms with Gasteiger partial charge in [0.1, 0.15) is 5.58 Å². The van der Waals surface area contributed by atoms with E-state index in [0.717, 1.165) is 27.6 Å². The van der Waals surface area contributed by atoms with Gasteiger partial charge in [-0.3, -0.25) is 0 Å². The van der Waals surface area contributed by atoms with E-state index in [1.807, 2.05) is 58.9 Å². The summed E-state index contributed by atoms with van der Waals surface area (Å²) < 4.78 is 9.73. The van der Waals surface area contributed by atoms with Gasteiger partial charge in [0.25, 0.3) is 0 Å². The SMILES string of the molecule is C[n+]1[c-]n(-c2[c-]ccc3c2oc2ccccc23)cc1.[Ir]. The number of benzene rings is 2. The molecule has 0 spiro atoms. The summed E-state index contributed by atoms with van der Waals surface area (Å²) in [5, 5.41) is 2.23. The summed E-state index contributed by atoms with van der Waals surface area (Å²) in [6, 6.07) is 15.3. The molecular formula is C16H11IrN2O-. The van der Waals surface area contributed by atoms with Crippen molar-refractivity contribution in [3.8, 4) is 5.69 Å². The molecule has 4 heteroatoms. The maximum absolute atomic E-state index is 5.97. The zero-order valence-electron chi connectivity index (χ0n) is 10.8. The Morgan fingerprint density at radius 2 is 2.00 bits per heavy atom. The quantitative estimate of drug-likeness (QED) is 0.330. The van der Waals surface area contributed by atoms with Crippen LogP contribution in [0.15, 0.2) is 53.2 Å². The third kappa shape index (κ3) is 1.89. The van der Waals surface area contributed by atoms with Crippen LogP contribution in [0.5, 0.6) is 0 Å². The summed E-state index contributed by atoms with van der Waals surface area (Å²) >= 11 is 0. The third-order valence-electron chi connectivity index (χ3n) is 3.26. The summed E-state index contributed by atoms with van der Waals surface area (Å²) in [5.41, 5.74) is 2.63. The normalized spacial score (nSPS) is 10.8. The van der Waals surface area contributed by atoms with E-state index in [1.165, 1.54) is 0 Å². The monoisotopic (exact) mass is 440 g/mol. The molecule has 0 aliphatic carbocycles. The predicted molar refractivity (Wildman–Crippen MR) is 71.9 cm³/mol. The number of aromatic nitrogens is 2. The van der Waals surface area contributed by atoms with Crippen LogP contribution in [0.4, 0.5) is 0 Å². The molecule has 20 heavy (non-hydrogen) atoms. The summed E-state index contributed by atoms with van der Waals surface area (Å²) in [7, 11) is 1.94. The average Bonchev–Trinajstić information content (AvgIpc) is 3.02. The Morgan fingerprint density at radius 3 is 2.80 bits per heavy atom. The molecule has 101 valence electrons. The smallest absolute Gasteiger partial charge is 0.241 e. The first-order chi connectivity index (χ1) is 9.33. The Bertz CT molecular complexity index is 892. The number of rotatable bonds is 1. The molecule has 0 amide bonds.